The Morgan fingerprint density at radius 2 is 1.79 bits per heavy atom. The van der Waals surface area contributed by atoms with E-state index in [4.69, 9.17) is 16.3 Å². The van der Waals surface area contributed by atoms with E-state index in [0.29, 0.717) is 5.75 Å². The molecule has 0 saturated carbocycles. The number of aromatic nitrogens is 2. The van der Waals surface area contributed by atoms with E-state index in [9.17, 15) is 8.78 Å². The standard InChI is InChI=1S/C26H24ClF2N3O/c27-26-22(23(28)5-6-24(26)29)16-33-20-10-18(12-30-14-20)17-4-7-25-21(11-17)19(13-31-25)15-32-8-2-1-3-9-32/h4-7,10-14,31H,1-3,8-9,15-16H2. The SMILES string of the molecule is Fc1ccc(F)c(COc2cncc(-c3ccc4[nH]cc(CN5CCCCC5)c4c3)c2)c1Cl. The molecule has 170 valence electrons. The van der Waals surface area contributed by atoms with Gasteiger partial charge in [-0.3, -0.25) is 9.88 Å². The van der Waals surface area contributed by atoms with Crippen LogP contribution in [-0.2, 0) is 13.2 Å². The Bertz CT molecular complexity index is 1280. The van der Waals surface area contributed by atoms with Crippen LogP contribution in [0.4, 0.5) is 8.78 Å². The third kappa shape index (κ3) is 4.72. The second-order valence-electron chi connectivity index (χ2n) is 8.43. The quantitative estimate of drug-likeness (QED) is 0.320. The first-order valence-corrected chi connectivity index (χ1v) is 11.5. The fourth-order valence-corrected chi connectivity index (χ4v) is 4.57. The van der Waals surface area contributed by atoms with Crippen molar-refractivity contribution in [3.8, 4) is 16.9 Å². The predicted octanol–water partition coefficient (Wildman–Crippen LogP) is 6.73. The number of piperidine rings is 1. The second-order valence-corrected chi connectivity index (χ2v) is 8.81. The number of nitrogens with one attached hydrogen (secondary N) is 1. The summed E-state index contributed by atoms with van der Waals surface area (Å²) in [7, 11) is 0. The molecule has 3 heterocycles. The van der Waals surface area contributed by atoms with Gasteiger partial charge in [0.05, 0.1) is 11.2 Å². The Morgan fingerprint density at radius 1 is 0.970 bits per heavy atom. The van der Waals surface area contributed by atoms with Gasteiger partial charge >= 0.3 is 0 Å². The van der Waals surface area contributed by atoms with Crippen LogP contribution in [0.3, 0.4) is 0 Å². The lowest BCUT2D eigenvalue weighted by Gasteiger charge is -2.26. The number of pyridine rings is 1. The number of rotatable bonds is 6. The number of likely N-dealkylation sites (tertiary alicyclic amines) is 1. The topological polar surface area (TPSA) is 41.1 Å². The van der Waals surface area contributed by atoms with Gasteiger partial charge in [-0.25, -0.2) is 8.78 Å². The molecule has 0 unspecified atom stereocenters. The van der Waals surface area contributed by atoms with Gasteiger partial charge in [0.2, 0.25) is 0 Å². The van der Waals surface area contributed by atoms with Crippen molar-refractivity contribution in [3.05, 3.63) is 82.8 Å². The second kappa shape index (κ2) is 9.49. The van der Waals surface area contributed by atoms with E-state index in [1.165, 1.54) is 30.2 Å². The van der Waals surface area contributed by atoms with Gasteiger partial charge in [-0.05, 0) is 67.4 Å². The molecule has 0 radical (unpaired) electrons. The van der Waals surface area contributed by atoms with E-state index in [1.54, 1.807) is 12.4 Å². The Labute approximate surface area is 196 Å². The van der Waals surface area contributed by atoms with E-state index < -0.39 is 11.6 Å². The van der Waals surface area contributed by atoms with Gasteiger partial charge < -0.3 is 9.72 Å². The molecule has 0 spiro atoms. The largest absolute Gasteiger partial charge is 0.487 e. The molecule has 1 aliphatic heterocycles. The maximum absolute atomic E-state index is 14.0. The minimum Gasteiger partial charge on any atom is -0.487 e. The van der Waals surface area contributed by atoms with Crippen molar-refractivity contribution < 1.29 is 13.5 Å². The van der Waals surface area contributed by atoms with Crippen LogP contribution in [0.25, 0.3) is 22.0 Å². The smallest absolute Gasteiger partial charge is 0.142 e. The molecule has 33 heavy (non-hydrogen) atoms. The minimum absolute atomic E-state index is 0.0156. The molecule has 7 heteroatoms. The summed E-state index contributed by atoms with van der Waals surface area (Å²) in [5, 5.41) is 0.927. The van der Waals surface area contributed by atoms with Crippen LogP contribution in [0.15, 0.2) is 55.0 Å². The summed E-state index contributed by atoms with van der Waals surface area (Å²) in [6.07, 6.45) is 9.25. The average molecular weight is 468 g/mol. The van der Waals surface area contributed by atoms with E-state index in [0.717, 1.165) is 48.4 Å². The number of benzene rings is 2. The number of halogens is 3. The lowest BCUT2D eigenvalue weighted by atomic mass is 10.0. The number of hydrogen-bond acceptors (Lipinski definition) is 3. The zero-order chi connectivity index (χ0) is 22.8. The van der Waals surface area contributed by atoms with Crippen LogP contribution in [0.2, 0.25) is 5.02 Å². The van der Waals surface area contributed by atoms with E-state index in [-0.39, 0.29) is 17.2 Å². The molecule has 1 fully saturated rings. The molecule has 2 aromatic carbocycles. The fourth-order valence-electron chi connectivity index (χ4n) is 4.36. The van der Waals surface area contributed by atoms with Gasteiger partial charge in [0.1, 0.15) is 24.0 Å². The molecule has 1 saturated heterocycles. The monoisotopic (exact) mass is 467 g/mol. The lowest BCUT2D eigenvalue weighted by Crippen LogP contribution is -2.28. The Balaban J connectivity index is 1.37. The highest BCUT2D eigenvalue weighted by Crippen LogP contribution is 2.30. The number of nitrogens with zero attached hydrogens (tertiary/aromatic N) is 2. The van der Waals surface area contributed by atoms with Crippen molar-refractivity contribution in [2.45, 2.75) is 32.4 Å². The third-order valence-electron chi connectivity index (χ3n) is 6.18. The van der Waals surface area contributed by atoms with Crippen molar-refractivity contribution in [2.24, 2.45) is 0 Å². The Kier molecular flexibility index (Phi) is 6.29. The van der Waals surface area contributed by atoms with E-state index in [2.05, 4.69) is 33.2 Å². The van der Waals surface area contributed by atoms with Gasteiger partial charge in [-0.2, -0.15) is 0 Å². The van der Waals surface area contributed by atoms with Crippen LogP contribution in [0.1, 0.15) is 30.4 Å². The molecule has 0 bridgehead atoms. The van der Waals surface area contributed by atoms with Crippen molar-refractivity contribution >= 4 is 22.5 Å². The maximum Gasteiger partial charge on any atom is 0.142 e. The number of fused-ring (bicyclic) bond motifs is 1. The van der Waals surface area contributed by atoms with Gasteiger partial charge in [-0.1, -0.05) is 24.1 Å². The molecule has 0 amide bonds. The molecule has 0 atom stereocenters. The number of hydrogen-bond donors (Lipinski definition) is 1. The van der Waals surface area contributed by atoms with Crippen molar-refractivity contribution in [1.82, 2.24) is 14.9 Å². The number of H-pyrrole nitrogens is 1. The highest BCUT2D eigenvalue weighted by molar-refractivity contribution is 6.31. The molecule has 5 rings (SSSR count). The molecular weight excluding hydrogens is 444 g/mol. The minimum atomic E-state index is -0.677. The summed E-state index contributed by atoms with van der Waals surface area (Å²) in [5.74, 6) is -0.830. The van der Waals surface area contributed by atoms with Crippen molar-refractivity contribution in [3.63, 3.8) is 0 Å². The molecule has 0 aliphatic carbocycles. The van der Waals surface area contributed by atoms with Crippen LogP contribution >= 0.6 is 11.6 Å². The van der Waals surface area contributed by atoms with Crippen LogP contribution < -0.4 is 4.74 Å². The number of aromatic amines is 1. The first-order chi connectivity index (χ1) is 16.1. The summed E-state index contributed by atoms with van der Waals surface area (Å²) in [5.41, 5.74) is 4.26. The van der Waals surface area contributed by atoms with Crippen molar-refractivity contribution in [2.75, 3.05) is 13.1 Å². The summed E-state index contributed by atoms with van der Waals surface area (Å²) in [6, 6.07) is 10.2. The molecule has 4 aromatic rings. The molecule has 2 aromatic heterocycles. The van der Waals surface area contributed by atoms with Crippen LogP contribution in [0.5, 0.6) is 5.75 Å². The molecular formula is C26H24ClF2N3O. The Morgan fingerprint density at radius 3 is 2.64 bits per heavy atom. The predicted molar refractivity (Wildman–Crippen MR) is 126 cm³/mol. The average Bonchev–Trinajstić information content (AvgIpc) is 3.24. The highest BCUT2D eigenvalue weighted by atomic mass is 35.5. The summed E-state index contributed by atoms with van der Waals surface area (Å²) >= 11 is 5.90. The molecule has 4 nitrogen and oxygen atoms in total. The van der Waals surface area contributed by atoms with E-state index in [1.807, 2.05) is 12.1 Å². The van der Waals surface area contributed by atoms with E-state index >= 15 is 0 Å². The molecule has 1 N–H and O–H groups in total. The normalized spacial score (nSPS) is 14.6. The number of ether oxygens (including phenoxy) is 1. The molecule has 1 aliphatic rings. The third-order valence-corrected chi connectivity index (χ3v) is 6.59. The zero-order valence-corrected chi connectivity index (χ0v) is 18.8. The summed E-state index contributed by atoms with van der Waals surface area (Å²) in [4.78, 5) is 10.2. The maximum atomic E-state index is 14.0. The van der Waals surface area contributed by atoms with Crippen LogP contribution in [0, 0.1) is 11.6 Å². The fraction of sp³-hybridized carbons (Fsp3) is 0.269. The van der Waals surface area contributed by atoms with Gasteiger partial charge in [0.15, 0.2) is 0 Å². The highest BCUT2D eigenvalue weighted by Gasteiger charge is 2.15. The van der Waals surface area contributed by atoms with Gasteiger partial charge in [0, 0.05) is 41.0 Å². The lowest BCUT2D eigenvalue weighted by molar-refractivity contribution is 0.221. The summed E-state index contributed by atoms with van der Waals surface area (Å²) < 4.78 is 33.4. The Hall–Kier alpha value is -2.96. The van der Waals surface area contributed by atoms with Gasteiger partial charge in [-0.15, -0.1) is 0 Å². The van der Waals surface area contributed by atoms with Gasteiger partial charge in [0.25, 0.3) is 0 Å². The zero-order valence-electron chi connectivity index (χ0n) is 18.1. The summed E-state index contributed by atoms with van der Waals surface area (Å²) in [6.45, 7) is 3.03. The first-order valence-electron chi connectivity index (χ1n) is 11.1. The van der Waals surface area contributed by atoms with Crippen LogP contribution in [-0.4, -0.2) is 28.0 Å². The van der Waals surface area contributed by atoms with Crippen molar-refractivity contribution in [1.29, 1.82) is 0 Å². The first kappa shape index (κ1) is 21.9.